The van der Waals surface area contributed by atoms with Crippen LogP contribution in [0, 0.1) is 0 Å². The standard InChI is InChI=1S/C14H9BrN6OS/c15-10-3-1-9(2-4-10)13-17-19-21(18-13)8-11-7-12(22)20-5-6-23-14(20)16-11/h1-7H,8H2. The third-order valence-corrected chi connectivity index (χ3v) is 4.50. The predicted octanol–water partition coefficient (Wildman–Crippen LogP) is 2.22. The van der Waals surface area contributed by atoms with Gasteiger partial charge in [-0.05, 0) is 29.5 Å². The lowest BCUT2D eigenvalue weighted by Crippen LogP contribution is -2.15. The summed E-state index contributed by atoms with van der Waals surface area (Å²) in [6, 6.07) is 9.15. The number of benzene rings is 1. The van der Waals surface area contributed by atoms with Crippen LogP contribution in [-0.2, 0) is 6.54 Å². The molecule has 0 unspecified atom stereocenters. The Balaban J connectivity index is 1.63. The minimum Gasteiger partial charge on any atom is -0.269 e. The third kappa shape index (κ3) is 2.80. The molecule has 0 atom stereocenters. The Bertz CT molecular complexity index is 1040. The van der Waals surface area contributed by atoms with E-state index in [9.17, 15) is 4.79 Å². The van der Waals surface area contributed by atoms with Gasteiger partial charge in [0, 0.05) is 27.7 Å². The molecular formula is C14H9BrN6OS. The van der Waals surface area contributed by atoms with Gasteiger partial charge in [0.05, 0.1) is 5.69 Å². The van der Waals surface area contributed by atoms with Gasteiger partial charge < -0.3 is 0 Å². The maximum absolute atomic E-state index is 12.0. The van der Waals surface area contributed by atoms with Gasteiger partial charge in [0.15, 0.2) is 4.96 Å². The van der Waals surface area contributed by atoms with Crippen molar-refractivity contribution in [3.8, 4) is 11.4 Å². The minimum absolute atomic E-state index is 0.112. The smallest absolute Gasteiger partial charge is 0.258 e. The highest BCUT2D eigenvalue weighted by Crippen LogP contribution is 2.17. The van der Waals surface area contributed by atoms with E-state index < -0.39 is 0 Å². The topological polar surface area (TPSA) is 78.0 Å². The van der Waals surface area contributed by atoms with E-state index in [1.54, 1.807) is 6.20 Å². The van der Waals surface area contributed by atoms with Crippen molar-refractivity contribution in [1.82, 2.24) is 29.6 Å². The lowest BCUT2D eigenvalue weighted by molar-refractivity contribution is 0.564. The quantitative estimate of drug-likeness (QED) is 0.537. The number of rotatable bonds is 3. The molecular weight excluding hydrogens is 380 g/mol. The summed E-state index contributed by atoms with van der Waals surface area (Å²) < 4.78 is 2.50. The van der Waals surface area contributed by atoms with Crippen LogP contribution >= 0.6 is 27.3 Å². The largest absolute Gasteiger partial charge is 0.269 e. The predicted molar refractivity (Wildman–Crippen MR) is 89.4 cm³/mol. The van der Waals surface area contributed by atoms with Gasteiger partial charge in [-0.25, -0.2) is 4.98 Å². The van der Waals surface area contributed by atoms with Crippen LogP contribution in [0.5, 0.6) is 0 Å². The molecule has 114 valence electrons. The van der Waals surface area contributed by atoms with E-state index in [1.165, 1.54) is 26.6 Å². The molecule has 0 aliphatic heterocycles. The zero-order chi connectivity index (χ0) is 15.8. The van der Waals surface area contributed by atoms with Gasteiger partial charge >= 0.3 is 0 Å². The summed E-state index contributed by atoms with van der Waals surface area (Å²) >= 11 is 4.80. The minimum atomic E-state index is -0.112. The van der Waals surface area contributed by atoms with Crippen LogP contribution in [0.4, 0.5) is 0 Å². The van der Waals surface area contributed by atoms with Gasteiger partial charge in [-0.3, -0.25) is 9.20 Å². The van der Waals surface area contributed by atoms with Crippen molar-refractivity contribution in [3.63, 3.8) is 0 Å². The number of aromatic nitrogens is 6. The molecule has 0 saturated heterocycles. The lowest BCUT2D eigenvalue weighted by Gasteiger charge is -1.99. The molecule has 4 aromatic rings. The fourth-order valence-electron chi connectivity index (χ4n) is 2.14. The molecule has 3 heterocycles. The van der Waals surface area contributed by atoms with E-state index in [-0.39, 0.29) is 5.56 Å². The molecule has 0 radical (unpaired) electrons. The first kappa shape index (κ1) is 14.2. The monoisotopic (exact) mass is 388 g/mol. The van der Waals surface area contributed by atoms with Crippen LogP contribution in [0.25, 0.3) is 16.3 Å². The Labute approximate surface area is 142 Å². The second-order valence-corrected chi connectivity index (χ2v) is 6.58. The van der Waals surface area contributed by atoms with Gasteiger partial charge in [0.1, 0.15) is 6.54 Å². The number of hydrogen-bond donors (Lipinski definition) is 0. The SMILES string of the molecule is O=c1cc(Cn2nnc(-c3ccc(Br)cc3)n2)nc2sccn12. The van der Waals surface area contributed by atoms with Crippen molar-refractivity contribution < 1.29 is 0 Å². The fraction of sp³-hybridized carbons (Fsp3) is 0.0714. The molecule has 9 heteroatoms. The molecule has 0 fully saturated rings. The highest BCUT2D eigenvalue weighted by atomic mass is 79.9. The number of nitrogens with zero attached hydrogens (tertiary/aromatic N) is 6. The number of thiazole rings is 1. The van der Waals surface area contributed by atoms with Gasteiger partial charge in [0.25, 0.3) is 5.56 Å². The highest BCUT2D eigenvalue weighted by Gasteiger charge is 2.09. The van der Waals surface area contributed by atoms with Gasteiger partial charge in [-0.1, -0.05) is 15.9 Å². The average molecular weight is 389 g/mol. The zero-order valence-electron chi connectivity index (χ0n) is 11.6. The first-order chi connectivity index (χ1) is 11.2. The van der Waals surface area contributed by atoms with Crippen LogP contribution in [0.2, 0.25) is 0 Å². The molecule has 3 aromatic heterocycles. The molecule has 0 saturated carbocycles. The molecule has 1 aromatic carbocycles. The number of hydrogen-bond acceptors (Lipinski definition) is 6. The van der Waals surface area contributed by atoms with Crippen LogP contribution in [-0.4, -0.2) is 29.6 Å². The Hall–Kier alpha value is -2.39. The van der Waals surface area contributed by atoms with Crippen molar-refractivity contribution >= 4 is 32.2 Å². The fourth-order valence-corrected chi connectivity index (χ4v) is 3.14. The van der Waals surface area contributed by atoms with Crippen molar-refractivity contribution in [2.75, 3.05) is 0 Å². The normalized spacial score (nSPS) is 11.2. The molecule has 0 amide bonds. The van der Waals surface area contributed by atoms with Crippen LogP contribution < -0.4 is 5.56 Å². The first-order valence-electron chi connectivity index (χ1n) is 6.68. The summed E-state index contributed by atoms with van der Waals surface area (Å²) in [5.74, 6) is 0.534. The summed E-state index contributed by atoms with van der Waals surface area (Å²) in [6.07, 6.45) is 1.71. The molecule has 4 rings (SSSR count). The Kier molecular flexibility index (Phi) is 3.50. The molecule has 23 heavy (non-hydrogen) atoms. The first-order valence-corrected chi connectivity index (χ1v) is 8.36. The van der Waals surface area contributed by atoms with Crippen LogP contribution in [0.3, 0.4) is 0 Å². The van der Waals surface area contributed by atoms with Gasteiger partial charge in [0.2, 0.25) is 5.82 Å². The number of halogens is 1. The average Bonchev–Trinajstić information content (AvgIpc) is 3.17. The van der Waals surface area contributed by atoms with E-state index in [0.29, 0.717) is 23.0 Å². The zero-order valence-corrected chi connectivity index (χ0v) is 14.0. The Morgan fingerprint density at radius 2 is 2.04 bits per heavy atom. The lowest BCUT2D eigenvalue weighted by atomic mass is 10.2. The van der Waals surface area contributed by atoms with Crippen molar-refractivity contribution in [3.05, 3.63) is 62.4 Å². The highest BCUT2D eigenvalue weighted by molar-refractivity contribution is 9.10. The van der Waals surface area contributed by atoms with Gasteiger partial charge in [-0.2, -0.15) is 4.80 Å². The molecule has 0 N–H and O–H groups in total. The molecule has 7 nitrogen and oxygen atoms in total. The van der Waals surface area contributed by atoms with Crippen molar-refractivity contribution in [2.24, 2.45) is 0 Å². The molecule has 0 aliphatic rings. The summed E-state index contributed by atoms with van der Waals surface area (Å²) in [5, 5.41) is 14.2. The maximum Gasteiger partial charge on any atom is 0.258 e. The van der Waals surface area contributed by atoms with E-state index in [2.05, 4.69) is 36.3 Å². The second-order valence-electron chi connectivity index (χ2n) is 4.79. The third-order valence-electron chi connectivity index (χ3n) is 3.21. The van der Waals surface area contributed by atoms with Crippen molar-refractivity contribution in [2.45, 2.75) is 6.54 Å². The van der Waals surface area contributed by atoms with Gasteiger partial charge in [-0.15, -0.1) is 21.5 Å². The summed E-state index contributed by atoms with van der Waals surface area (Å²) in [5.41, 5.74) is 1.37. The number of tetrazole rings is 1. The summed E-state index contributed by atoms with van der Waals surface area (Å²) in [7, 11) is 0. The van der Waals surface area contributed by atoms with E-state index >= 15 is 0 Å². The van der Waals surface area contributed by atoms with Crippen LogP contribution in [0.1, 0.15) is 5.69 Å². The maximum atomic E-state index is 12.0. The van der Waals surface area contributed by atoms with E-state index in [1.807, 2.05) is 29.6 Å². The van der Waals surface area contributed by atoms with Crippen molar-refractivity contribution in [1.29, 1.82) is 0 Å². The Morgan fingerprint density at radius 1 is 1.22 bits per heavy atom. The number of fused-ring (bicyclic) bond motifs is 1. The summed E-state index contributed by atoms with van der Waals surface area (Å²) in [4.78, 5) is 18.5. The molecule has 0 bridgehead atoms. The van der Waals surface area contributed by atoms with Crippen LogP contribution in [0.15, 0.2) is 51.2 Å². The molecule has 0 spiro atoms. The van der Waals surface area contributed by atoms with E-state index in [4.69, 9.17) is 0 Å². The second kappa shape index (κ2) is 5.67. The summed E-state index contributed by atoms with van der Waals surface area (Å²) in [6.45, 7) is 0.299. The molecule has 0 aliphatic carbocycles. The Morgan fingerprint density at radius 3 is 2.87 bits per heavy atom. The van der Waals surface area contributed by atoms with E-state index in [0.717, 1.165) is 10.0 Å².